The lowest BCUT2D eigenvalue weighted by Crippen LogP contribution is -2.47. The first-order valence-corrected chi connectivity index (χ1v) is 18.2. The molecule has 0 aliphatic carbocycles. The van der Waals surface area contributed by atoms with Crippen LogP contribution in [0, 0.1) is 27.7 Å². The number of hydrogen-bond donors (Lipinski definition) is 0. The van der Waals surface area contributed by atoms with E-state index in [0.29, 0.717) is 48.7 Å². The number of halogens is 2. The Hall–Kier alpha value is -4.82. The number of ether oxygens (including phenoxy) is 3. The average Bonchev–Trinajstić information content (AvgIpc) is 3.14. The quantitative estimate of drug-likeness (QED) is 0.112. The SMILES string of the molecule is Cc1ccc(COc2ccc(Oc3c(C)cc(C=CC(=O)N4CCN(Cc5ccc(CCOc6ccc(C)cc6)c(C)c5)CC4)cc3Cl)nc2)cc1.Cl. The molecule has 1 amide bonds. The minimum Gasteiger partial charge on any atom is -0.493 e. The summed E-state index contributed by atoms with van der Waals surface area (Å²) in [6, 6.07) is 30.5. The maximum atomic E-state index is 13.1. The number of piperazine rings is 1. The molecule has 6 rings (SSSR count). The highest BCUT2D eigenvalue weighted by molar-refractivity contribution is 6.32. The summed E-state index contributed by atoms with van der Waals surface area (Å²) in [4.78, 5) is 21.8. The molecule has 1 aliphatic rings. The van der Waals surface area contributed by atoms with Crippen molar-refractivity contribution in [1.29, 1.82) is 0 Å². The van der Waals surface area contributed by atoms with Gasteiger partial charge in [0.25, 0.3) is 0 Å². The average molecular weight is 753 g/mol. The normalized spacial score (nSPS) is 13.1. The van der Waals surface area contributed by atoms with Crippen molar-refractivity contribution in [3.05, 3.63) is 153 Å². The Labute approximate surface area is 324 Å². The zero-order valence-corrected chi connectivity index (χ0v) is 32.4. The zero-order valence-electron chi connectivity index (χ0n) is 30.8. The van der Waals surface area contributed by atoms with E-state index in [4.69, 9.17) is 25.8 Å². The largest absolute Gasteiger partial charge is 0.493 e. The molecule has 0 radical (unpaired) electrons. The van der Waals surface area contributed by atoms with Crippen molar-refractivity contribution in [1.82, 2.24) is 14.8 Å². The maximum Gasteiger partial charge on any atom is 0.246 e. The molecule has 0 atom stereocenters. The molecule has 53 heavy (non-hydrogen) atoms. The summed E-state index contributed by atoms with van der Waals surface area (Å²) in [5.74, 6) is 2.50. The van der Waals surface area contributed by atoms with Gasteiger partial charge in [0.15, 0.2) is 5.75 Å². The number of carbonyl (C=O) groups excluding carboxylic acids is 1. The summed E-state index contributed by atoms with van der Waals surface area (Å²) in [7, 11) is 0. The molecular weight excluding hydrogens is 705 g/mol. The number of benzene rings is 4. The number of aromatic nitrogens is 1. The second kappa shape index (κ2) is 18.8. The molecular formula is C44H47Cl2N3O4. The van der Waals surface area contributed by atoms with E-state index in [1.165, 1.54) is 27.8 Å². The molecule has 5 aromatic rings. The van der Waals surface area contributed by atoms with E-state index in [-0.39, 0.29) is 18.3 Å². The van der Waals surface area contributed by atoms with Crippen LogP contribution in [0.15, 0.2) is 103 Å². The summed E-state index contributed by atoms with van der Waals surface area (Å²) < 4.78 is 17.8. The van der Waals surface area contributed by atoms with E-state index >= 15 is 0 Å². The van der Waals surface area contributed by atoms with E-state index in [2.05, 4.69) is 85.3 Å². The topological polar surface area (TPSA) is 64.1 Å². The highest BCUT2D eigenvalue weighted by Crippen LogP contribution is 2.34. The predicted molar refractivity (Wildman–Crippen MR) is 216 cm³/mol. The highest BCUT2D eigenvalue weighted by Gasteiger charge is 2.20. The van der Waals surface area contributed by atoms with E-state index in [0.717, 1.165) is 48.5 Å². The van der Waals surface area contributed by atoms with E-state index in [9.17, 15) is 4.79 Å². The minimum atomic E-state index is -0.00399. The third kappa shape index (κ3) is 11.3. The summed E-state index contributed by atoms with van der Waals surface area (Å²) in [6.07, 6.45) is 5.95. The van der Waals surface area contributed by atoms with Crippen molar-refractivity contribution in [2.75, 3.05) is 32.8 Å². The number of pyridine rings is 1. The molecule has 4 aromatic carbocycles. The van der Waals surface area contributed by atoms with Crippen LogP contribution in [0.25, 0.3) is 6.08 Å². The van der Waals surface area contributed by atoms with Crippen molar-refractivity contribution in [2.45, 2.75) is 47.3 Å². The lowest BCUT2D eigenvalue weighted by Gasteiger charge is -2.34. The third-order valence-electron chi connectivity index (χ3n) is 9.27. The summed E-state index contributed by atoms with van der Waals surface area (Å²) in [5.41, 5.74) is 9.08. The molecule has 276 valence electrons. The molecule has 1 saturated heterocycles. The molecule has 2 heterocycles. The van der Waals surface area contributed by atoms with Crippen LogP contribution in [0.2, 0.25) is 5.02 Å². The first-order chi connectivity index (χ1) is 25.2. The van der Waals surface area contributed by atoms with Crippen molar-refractivity contribution in [2.24, 2.45) is 0 Å². The number of aryl methyl sites for hydroxylation is 4. The van der Waals surface area contributed by atoms with Crippen molar-refractivity contribution in [3.8, 4) is 23.1 Å². The number of rotatable bonds is 13. The van der Waals surface area contributed by atoms with Crippen LogP contribution < -0.4 is 14.2 Å². The molecule has 1 aromatic heterocycles. The van der Waals surface area contributed by atoms with Gasteiger partial charge in [-0.2, -0.15) is 0 Å². The fourth-order valence-electron chi connectivity index (χ4n) is 6.16. The fraction of sp³-hybridized carbons (Fsp3) is 0.273. The van der Waals surface area contributed by atoms with Gasteiger partial charge in [0, 0.05) is 51.3 Å². The van der Waals surface area contributed by atoms with Gasteiger partial charge in [-0.15, -0.1) is 12.4 Å². The lowest BCUT2D eigenvalue weighted by molar-refractivity contribution is -0.127. The summed E-state index contributed by atoms with van der Waals surface area (Å²) in [5, 5.41) is 0.445. The van der Waals surface area contributed by atoms with Gasteiger partial charge in [0.2, 0.25) is 11.8 Å². The minimum absolute atomic E-state index is 0. The van der Waals surface area contributed by atoms with Crippen molar-refractivity contribution < 1.29 is 19.0 Å². The van der Waals surface area contributed by atoms with Crippen LogP contribution in [0.4, 0.5) is 0 Å². The zero-order chi connectivity index (χ0) is 36.5. The Morgan fingerprint density at radius 1 is 0.774 bits per heavy atom. The summed E-state index contributed by atoms with van der Waals surface area (Å²) >= 11 is 6.64. The molecule has 1 fully saturated rings. The third-order valence-corrected chi connectivity index (χ3v) is 9.55. The molecule has 0 unspecified atom stereocenters. The van der Waals surface area contributed by atoms with Gasteiger partial charge in [-0.05, 0) is 97.5 Å². The van der Waals surface area contributed by atoms with Crippen LogP contribution in [-0.4, -0.2) is 53.5 Å². The molecule has 7 nitrogen and oxygen atoms in total. The van der Waals surface area contributed by atoms with Crippen molar-refractivity contribution >= 4 is 36.0 Å². The Bertz CT molecular complexity index is 1970. The maximum absolute atomic E-state index is 13.1. The van der Waals surface area contributed by atoms with Crippen molar-refractivity contribution in [3.63, 3.8) is 0 Å². The second-order valence-corrected chi connectivity index (χ2v) is 13.9. The number of nitrogens with zero attached hydrogens (tertiary/aromatic N) is 3. The monoisotopic (exact) mass is 751 g/mol. The highest BCUT2D eigenvalue weighted by atomic mass is 35.5. The summed E-state index contributed by atoms with van der Waals surface area (Å²) in [6.45, 7) is 13.2. The molecule has 0 spiro atoms. The van der Waals surface area contributed by atoms with Gasteiger partial charge in [-0.25, -0.2) is 4.98 Å². The Kier molecular flexibility index (Phi) is 14.0. The lowest BCUT2D eigenvalue weighted by atomic mass is 10.0. The van der Waals surface area contributed by atoms with Crippen LogP contribution in [-0.2, 0) is 24.4 Å². The smallest absolute Gasteiger partial charge is 0.246 e. The van der Waals surface area contributed by atoms with Gasteiger partial charge in [-0.3, -0.25) is 9.69 Å². The number of carbonyl (C=O) groups is 1. The van der Waals surface area contributed by atoms with E-state index < -0.39 is 0 Å². The Morgan fingerprint density at radius 2 is 1.45 bits per heavy atom. The van der Waals surface area contributed by atoms with Gasteiger partial charge in [0.1, 0.15) is 18.1 Å². The Morgan fingerprint density at radius 3 is 2.11 bits per heavy atom. The molecule has 0 N–H and O–H groups in total. The first-order valence-electron chi connectivity index (χ1n) is 17.8. The van der Waals surface area contributed by atoms with Crippen LogP contribution >= 0.6 is 24.0 Å². The molecule has 1 aliphatic heterocycles. The van der Waals surface area contributed by atoms with Crippen LogP contribution in [0.5, 0.6) is 23.1 Å². The van der Waals surface area contributed by atoms with E-state index in [1.807, 2.05) is 42.2 Å². The molecule has 0 bridgehead atoms. The van der Waals surface area contributed by atoms with Crippen LogP contribution in [0.3, 0.4) is 0 Å². The van der Waals surface area contributed by atoms with Gasteiger partial charge >= 0.3 is 0 Å². The van der Waals surface area contributed by atoms with Gasteiger partial charge in [0.05, 0.1) is 17.8 Å². The van der Waals surface area contributed by atoms with Gasteiger partial charge in [-0.1, -0.05) is 77.3 Å². The van der Waals surface area contributed by atoms with E-state index in [1.54, 1.807) is 24.4 Å². The van der Waals surface area contributed by atoms with Crippen LogP contribution in [0.1, 0.15) is 44.5 Å². The predicted octanol–water partition coefficient (Wildman–Crippen LogP) is 9.74. The standard InChI is InChI=1S/C44H46ClN3O4.ClH/c1-31-5-9-35(10-6-31)30-51-40-16-17-42(46-28-40)52-44-34(4)26-36(27-41(44)45)12-18-43(49)48-22-20-47(21-23-48)29-37-11-13-38(33(3)25-37)19-24-50-39-14-7-32(2)8-15-39;/h5-18,25-28H,19-24,29-30H2,1-4H3;1H. The molecule has 9 heteroatoms. The second-order valence-electron chi connectivity index (χ2n) is 13.5. The Balaban J connectivity index is 0.00000541. The number of amides is 1. The van der Waals surface area contributed by atoms with Gasteiger partial charge < -0.3 is 19.1 Å². The molecule has 0 saturated carbocycles. The first kappa shape index (κ1) is 39.4. The fourth-order valence-corrected chi connectivity index (χ4v) is 6.47. The number of hydrogen-bond acceptors (Lipinski definition) is 6.